The summed E-state index contributed by atoms with van der Waals surface area (Å²) in [6, 6.07) is 1.82. The van der Waals surface area contributed by atoms with Crippen molar-refractivity contribution in [2.45, 2.75) is 25.1 Å². The lowest BCUT2D eigenvalue weighted by molar-refractivity contribution is -0.137. The minimum Gasteiger partial charge on any atom is -0.468 e. The molecule has 0 saturated carbocycles. The van der Waals surface area contributed by atoms with E-state index in [4.69, 9.17) is 4.42 Å². The van der Waals surface area contributed by atoms with Gasteiger partial charge >= 0.3 is 5.97 Å². The number of hydrogen-bond donors (Lipinski definition) is 0. The highest BCUT2D eigenvalue weighted by Gasteiger charge is 2.13. The van der Waals surface area contributed by atoms with Crippen molar-refractivity contribution >= 4 is 17.7 Å². The maximum absolute atomic E-state index is 11.0. The summed E-state index contributed by atoms with van der Waals surface area (Å²) in [6.45, 7) is 2.92. The van der Waals surface area contributed by atoms with E-state index in [1.807, 2.05) is 16.9 Å². The van der Waals surface area contributed by atoms with E-state index in [9.17, 15) is 4.79 Å². The molecule has 0 unspecified atom stereocenters. The van der Waals surface area contributed by atoms with Crippen LogP contribution in [0.4, 0.5) is 0 Å². The number of nitrogens with zero attached hydrogens (tertiary/aromatic N) is 4. The molecule has 0 aliphatic heterocycles. The molecule has 0 radical (unpaired) electrons. The molecule has 102 valence electrons. The van der Waals surface area contributed by atoms with Gasteiger partial charge in [-0.25, -0.2) is 0 Å². The molecule has 0 aliphatic rings. The van der Waals surface area contributed by atoms with Crippen molar-refractivity contribution in [1.82, 2.24) is 20.0 Å². The van der Waals surface area contributed by atoms with Gasteiger partial charge in [0.05, 0.1) is 7.11 Å². The number of carbonyl (C=O) groups is 1. The number of thioether (sulfide) groups is 1. The first-order valence-corrected chi connectivity index (χ1v) is 6.78. The maximum Gasteiger partial charge on any atom is 0.316 e. The van der Waals surface area contributed by atoms with Crippen LogP contribution in [0.5, 0.6) is 0 Å². The number of carbonyl (C=O) groups excluding carboxylic acids is 1. The van der Waals surface area contributed by atoms with Gasteiger partial charge < -0.3 is 9.15 Å². The molecule has 0 spiro atoms. The number of esters is 1. The first-order chi connectivity index (χ1) is 9.22. The third kappa shape index (κ3) is 3.57. The SMILES string of the molecule is CCCn1ccc(-c2nnc(SCC(=O)OC)o2)n1. The minimum atomic E-state index is -0.336. The Kier molecular flexibility index (Phi) is 4.56. The Morgan fingerprint density at radius 1 is 1.53 bits per heavy atom. The van der Waals surface area contributed by atoms with E-state index < -0.39 is 0 Å². The van der Waals surface area contributed by atoms with E-state index in [0.29, 0.717) is 16.8 Å². The average Bonchev–Trinajstić information content (AvgIpc) is 3.05. The Balaban J connectivity index is 2.01. The number of ether oxygens (including phenoxy) is 1. The van der Waals surface area contributed by atoms with Crippen molar-refractivity contribution in [3.05, 3.63) is 12.3 Å². The van der Waals surface area contributed by atoms with E-state index in [-0.39, 0.29) is 11.7 Å². The fourth-order valence-electron chi connectivity index (χ4n) is 1.38. The van der Waals surface area contributed by atoms with E-state index in [2.05, 4.69) is 27.0 Å². The molecule has 0 saturated heterocycles. The predicted molar refractivity (Wildman–Crippen MR) is 68.6 cm³/mol. The van der Waals surface area contributed by atoms with Crippen LogP contribution in [0.2, 0.25) is 0 Å². The zero-order valence-electron chi connectivity index (χ0n) is 10.7. The monoisotopic (exact) mass is 282 g/mol. The molecule has 0 fully saturated rings. The van der Waals surface area contributed by atoms with E-state index in [1.54, 1.807) is 0 Å². The molecule has 0 bridgehead atoms. The maximum atomic E-state index is 11.0. The van der Waals surface area contributed by atoms with Gasteiger partial charge in [-0.05, 0) is 12.5 Å². The number of methoxy groups -OCH3 is 1. The number of hydrogen-bond acceptors (Lipinski definition) is 7. The highest BCUT2D eigenvalue weighted by Crippen LogP contribution is 2.21. The lowest BCUT2D eigenvalue weighted by Crippen LogP contribution is -2.02. The largest absolute Gasteiger partial charge is 0.468 e. The van der Waals surface area contributed by atoms with Crippen LogP contribution in [-0.4, -0.2) is 38.8 Å². The summed E-state index contributed by atoms with van der Waals surface area (Å²) in [7, 11) is 1.34. The van der Waals surface area contributed by atoms with Crippen LogP contribution in [0, 0.1) is 0 Å². The zero-order chi connectivity index (χ0) is 13.7. The number of rotatable bonds is 6. The van der Waals surface area contributed by atoms with Crippen LogP contribution in [-0.2, 0) is 16.1 Å². The van der Waals surface area contributed by atoms with Crippen LogP contribution in [0.3, 0.4) is 0 Å². The predicted octanol–water partition coefficient (Wildman–Crippen LogP) is 1.61. The molecule has 2 heterocycles. The quantitative estimate of drug-likeness (QED) is 0.588. The molecule has 8 heteroatoms. The van der Waals surface area contributed by atoms with Gasteiger partial charge in [0.25, 0.3) is 11.1 Å². The standard InChI is InChI=1S/C11H14N4O3S/c1-3-5-15-6-4-8(14-15)10-12-13-11(18-10)19-7-9(16)17-2/h4,6H,3,5,7H2,1-2H3. The fraction of sp³-hybridized carbons (Fsp3) is 0.455. The number of aromatic nitrogens is 4. The normalized spacial score (nSPS) is 10.6. The van der Waals surface area contributed by atoms with Crippen molar-refractivity contribution in [1.29, 1.82) is 0 Å². The molecule has 2 aromatic heterocycles. The Bertz CT molecular complexity index is 552. The van der Waals surface area contributed by atoms with E-state index in [0.717, 1.165) is 24.7 Å². The van der Waals surface area contributed by atoms with Gasteiger partial charge in [0.2, 0.25) is 0 Å². The summed E-state index contributed by atoms with van der Waals surface area (Å²) >= 11 is 1.14. The van der Waals surface area contributed by atoms with Gasteiger partial charge in [-0.2, -0.15) is 5.10 Å². The van der Waals surface area contributed by atoms with Gasteiger partial charge in [0, 0.05) is 12.7 Å². The molecule has 0 atom stereocenters. The fourth-order valence-corrected chi connectivity index (χ4v) is 1.98. The summed E-state index contributed by atoms with van der Waals surface area (Å²) in [5, 5.41) is 12.4. The Morgan fingerprint density at radius 3 is 3.11 bits per heavy atom. The molecule has 0 aliphatic carbocycles. The van der Waals surface area contributed by atoms with Crippen LogP contribution in [0.25, 0.3) is 11.6 Å². The first-order valence-electron chi connectivity index (χ1n) is 5.80. The van der Waals surface area contributed by atoms with Crippen molar-refractivity contribution in [3.63, 3.8) is 0 Å². The Hall–Kier alpha value is -1.83. The Labute approximate surface area is 114 Å². The van der Waals surface area contributed by atoms with Crippen LogP contribution >= 0.6 is 11.8 Å². The summed E-state index contributed by atoms with van der Waals surface area (Å²) in [5.74, 6) is 0.154. The second kappa shape index (κ2) is 6.37. The molecule has 0 aromatic carbocycles. The van der Waals surface area contributed by atoms with Crippen LogP contribution < -0.4 is 0 Å². The molecular weight excluding hydrogens is 268 g/mol. The highest BCUT2D eigenvalue weighted by atomic mass is 32.2. The van der Waals surface area contributed by atoms with Crippen molar-refractivity contribution in [2.75, 3.05) is 12.9 Å². The molecule has 2 aromatic rings. The third-order valence-corrected chi connectivity index (χ3v) is 3.05. The first kappa shape index (κ1) is 13.6. The Morgan fingerprint density at radius 2 is 2.37 bits per heavy atom. The molecule has 7 nitrogen and oxygen atoms in total. The molecule has 2 rings (SSSR count). The molecule has 19 heavy (non-hydrogen) atoms. The zero-order valence-corrected chi connectivity index (χ0v) is 11.5. The van der Waals surface area contributed by atoms with Gasteiger partial charge in [0.15, 0.2) is 0 Å². The second-order valence-corrected chi connectivity index (χ2v) is 4.63. The molecular formula is C11H14N4O3S. The van der Waals surface area contributed by atoms with Crippen LogP contribution in [0.15, 0.2) is 21.9 Å². The minimum absolute atomic E-state index is 0.141. The lowest BCUT2D eigenvalue weighted by Gasteiger charge is -1.95. The molecule has 0 N–H and O–H groups in total. The van der Waals surface area contributed by atoms with Gasteiger partial charge in [-0.1, -0.05) is 18.7 Å². The van der Waals surface area contributed by atoms with Crippen molar-refractivity contribution in [2.24, 2.45) is 0 Å². The summed E-state index contributed by atoms with van der Waals surface area (Å²) in [6.07, 6.45) is 2.87. The van der Waals surface area contributed by atoms with Gasteiger partial charge in [-0.3, -0.25) is 9.48 Å². The summed E-state index contributed by atoms with van der Waals surface area (Å²) < 4.78 is 11.8. The van der Waals surface area contributed by atoms with Gasteiger partial charge in [-0.15, -0.1) is 10.2 Å². The van der Waals surface area contributed by atoms with Crippen molar-refractivity contribution < 1.29 is 13.9 Å². The lowest BCUT2D eigenvalue weighted by atomic mass is 10.4. The highest BCUT2D eigenvalue weighted by molar-refractivity contribution is 7.99. The number of aryl methyl sites for hydroxylation is 1. The topological polar surface area (TPSA) is 83.0 Å². The average molecular weight is 282 g/mol. The summed E-state index contributed by atoms with van der Waals surface area (Å²) in [5.41, 5.74) is 0.630. The smallest absolute Gasteiger partial charge is 0.316 e. The molecule has 0 amide bonds. The second-order valence-electron chi connectivity index (χ2n) is 3.70. The van der Waals surface area contributed by atoms with E-state index in [1.165, 1.54) is 7.11 Å². The van der Waals surface area contributed by atoms with E-state index >= 15 is 0 Å². The van der Waals surface area contributed by atoms with Crippen molar-refractivity contribution in [3.8, 4) is 11.6 Å². The van der Waals surface area contributed by atoms with Crippen LogP contribution in [0.1, 0.15) is 13.3 Å². The summed E-state index contributed by atoms with van der Waals surface area (Å²) in [4.78, 5) is 11.0. The van der Waals surface area contributed by atoms with Gasteiger partial charge in [0.1, 0.15) is 11.4 Å². The third-order valence-electron chi connectivity index (χ3n) is 2.26.